The van der Waals surface area contributed by atoms with E-state index in [0.29, 0.717) is 12.5 Å². The first-order chi connectivity index (χ1) is 14.5. The van der Waals surface area contributed by atoms with Gasteiger partial charge in [-0.25, -0.2) is 4.39 Å². The Morgan fingerprint density at radius 2 is 1.97 bits per heavy atom. The predicted octanol–water partition coefficient (Wildman–Crippen LogP) is 4.20. The van der Waals surface area contributed by atoms with E-state index in [2.05, 4.69) is 33.5 Å². The molecule has 2 heterocycles. The van der Waals surface area contributed by atoms with Crippen molar-refractivity contribution in [2.24, 2.45) is 0 Å². The van der Waals surface area contributed by atoms with Gasteiger partial charge in [-0.15, -0.1) is 0 Å². The number of ether oxygens (including phenoxy) is 1. The number of carbonyl (C=O) groups is 1. The van der Waals surface area contributed by atoms with Crippen LogP contribution in [0.2, 0.25) is 0 Å². The van der Waals surface area contributed by atoms with Gasteiger partial charge in [0.25, 0.3) is 0 Å². The number of H-pyrrole nitrogens is 1. The van der Waals surface area contributed by atoms with E-state index in [1.54, 1.807) is 19.2 Å². The van der Waals surface area contributed by atoms with E-state index in [-0.39, 0.29) is 17.8 Å². The molecule has 0 saturated carbocycles. The van der Waals surface area contributed by atoms with Crippen molar-refractivity contribution in [1.82, 2.24) is 15.2 Å². The number of nitrogens with one attached hydrogen (secondary N) is 2. The summed E-state index contributed by atoms with van der Waals surface area (Å²) in [5.74, 6) is 1.08. The molecule has 1 fully saturated rings. The smallest absolute Gasteiger partial charge is 0.237 e. The lowest BCUT2D eigenvalue weighted by Gasteiger charge is -2.35. The van der Waals surface area contributed by atoms with Crippen molar-refractivity contribution >= 4 is 16.8 Å². The number of methoxy groups -OCH3 is 1. The zero-order valence-electron chi connectivity index (χ0n) is 17.5. The normalized spacial score (nSPS) is 16.5. The summed E-state index contributed by atoms with van der Waals surface area (Å²) < 4.78 is 18.4. The van der Waals surface area contributed by atoms with Crippen LogP contribution in [0.15, 0.2) is 48.7 Å². The average Bonchev–Trinajstić information content (AvgIpc) is 3.21. The first-order valence-corrected chi connectivity index (χ1v) is 10.5. The maximum atomic E-state index is 13.0. The first kappa shape index (κ1) is 20.4. The van der Waals surface area contributed by atoms with Gasteiger partial charge in [-0.1, -0.05) is 12.1 Å². The SMILES string of the molecule is COc1ccc2[nH]cc(C3CCN(C(C)C(=O)NCc4ccc(F)cc4)CC3)c2c1. The monoisotopic (exact) mass is 409 g/mol. The van der Waals surface area contributed by atoms with Crippen LogP contribution in [0.25, 0.3) is 10.9 Å². The Kier molecular flexibility index (Phi) is 6.04. The quantitative estimate of drug-likeness (QED) is 0.642. The molecular weight excluding hydrogens is 381 g/mol. The minimum atomic E-state index is -0.269. The van der Waals surface area contributed by atoms with E-state index in [4.69, 9.17) is 4.74 Å². The third kappa shape index (κ3) is 4.33. The molecule has 4 rings (SSSR count). The van der Waals surface area contributed by atoms with Gasteiger partial charge >= 0.3 is 0 Å². The Morgan fingerprint density at radius 1 is 1.23 bits per heavy atom. The van der Waals surface area contributed by atoms with Gasteiger partial charge in [-0.3, -0.25) is 9.69 Å². The maximum Gasteiger partial charge on any atom is 0.237 e. The van der Waals surface area contributed by atoms with Crippen LogP contribution < -0.4 is 10.1 Å². The van der Waals surface area contributed by atoms with E-state index in [0.717, 1.165) is 42.8 Å². The molecule has 1 unspecified atom stereocenters. The van der Waals surface area contributed by atoms with E-state index in [1.165, 1.54) is 23.1 Å². The number of aromatic nitrogens is 1. The Hall–Kier alpha value is -2.86. The van der Waals surface area contributed by atoms with Crippen molar-refractivity contribution < 1.29 is 13.9 Å². The molecule has 2 N–H and O–H groups in total. The van der Waals surface area contributed by atoms with Crippen LogP contribution >= 0.6 is 0 Å². The number of hydrogen-bond donors (Lipinski definition) is 2. The average molecular weight is 410 g/mol. The number of aromatic amines is 1. The Labute approximate surface area is 176 Å². The number of halogens is 1. The minimum Gasteiger partial charge on any atom is -0.497 e. The molecule has 0 spiro atoms. The molecule has 0 aliphatic carbocycles. The second-order valence-electron chi connectivity index (χ2n) is 7.99. The zero-order valence-corrected chi connectivity index (χ0v) is 17.5. The third-order valence-electron chi connectivity index (χ3n) is 6.20. The van der Waals surface area contributed by atoms with Crippen LogP contribution in [0, 0.1) is 5.82 Å². The van der Waals surface area contributed by atoms with Crippen molar-refractivity contribution in [2.45, 2.75) is 38.3 Å². The number of carbonyl (C=O) groups excluding carboxylic acids is 1. The number of hydrogen-bond acceptors (Lipinski definition) is 3. The molecule has 1 aliphatic heterocycles. The molecule has 3 aromatic rings. The number of likely N-dealkylation sites (tertiary alicyclic amines) is 1. The highest BCUT2D eigenvalue weighted by molar-refractivity contribution is 5.85. The predicted molar refractivity (Wildman–Crippen MR) is 116 cm³/mol. The fraction of sp³-hybridized carbons (Fsp3) is 0.375. The molecule has 1 aliphatic rings. The second kappa shape index (κ2) is 8.88. The van der Waals surface area contributed by atoms with Gasteiger partial charge in [0.1, 0.15) is 11.6 Å². The van der Waals surface area contributed by atoms with E-state index < -0.39 is 0 Å². The fourth-order valence-corrected chi connectivity index (χ4v) is 4.29. The van der Waals surface area contributed by atoms with Gasteiger partial charge in [0.2, 0.25) is 5.91 Å². The molecule has 6 heteroatoms. The van der Waals surface area contributed by atoms with Crippen LogP contribution in [0.1, 0.15) is 36.8 Å². The molecule has 1 amide bonds. The van der Waals surface area contributed by atoms with Gasteiger partial charge in [0.05, 0.1) is 13.2 Å². The lowest BCUT2D eigenvalue weighted by atomic mass is 9.88. The van der Waals surface area contributed by atoms with Gasteiger partial charge < -0.3 is 15.0 Å². The summed E-state index contributed by atoms with van der Waals surface area (Å²) in [4.78, 5) is 18.2. The number of amides is 1. The molecule has 30 heavy (non-hydrogen) atoms. The summed E-state index contributed by atoms with van der Waals surface area (Å²) in [5.41, 5.74) is 3.35. The molecule has 1 aromatic heterocycles. The molecule has 5 nitrogen and oxygen atoms in total. The summed E-state index contributed by atoms with van der Waals surface area (Å²) in [6, 6.07) is 12.2. The van der Waals surface area contributed by atoms with Crippen molar-refractivity contribution in [2.75, 3.05) is 20.2 Å². The zero-order chi connectivity index (χ0) is 21.1. The lowest BCUT2D eigenvalue weighted by molar-refractivity contribution is -0.126. The highest BCUT2D eigenvalue weighted by Crippen LogP contribution is 2.35. The van der Waals surface area contributed by atoms with E-state index in [9.17, 15) is 9.18 Å². The number of piperidine rings is 1. The van der Waals surface area contributed by atoms with Crippen molar-refractivity contribution in [3.8, 4) is 5.75 Å². The Morgan fingerprint density at radius 3 is 2.67 bits per heavy atom. The molecule has 1 atom stereocenters. The minimum absolute atomic E-state index is 0.00889. The summed E-state index contributed by atoms with van der Waals surface area (Å²) in [6.07, 6.45) is 4.14. The number of benzene rings is 2. The van der Waals surface area contributed by atoms with Crippen molar-refractivity contribution in [1.29, 1.82) is 0 Å². The topological polar surface area (TPSA) is 57.4 Å². The number of fused-ring (bicyclic) bond motifs is 1. The van der Waals surface area contributed by atoms with Crippen LogP contribution in [-0.2, 0) is 11.3 Å². The first-order valence-electron chi connectivity index (χ1n) is 10.5. The van der Waals surface area contributed by atoms with Gasteiger partial charge in [-0.2, -0.15) is 0 Å². The molecule has 158 valence electrons. The summed E-state index contributed by atoms with van der Waals surface area (Å²) in [7, 11) is 1.69. The van der Waals surface area contributed by atoms with Crippen LogP contribution in [-0.4, -0.2) is 42.0 Å². The summed E-state index contributed by atoms with van der Waals surface area (Å²) in [6.45, 7) is 4.13. The van der Waals surface area contributed by atoms with Crippen molar-refractivity contribution in [3.05, 3.63) is 65.6 Å². The van der Waals surface area contributed by atoms with Gasteiger partial charge in [0, 0.05) is 23.6 Å². The molecular formula is C24H28FN3O2. The Bertz CT molecular complexity index is 1010. The molecule has 0 radical (unpaired) electrons. The van der Waals surface area contributed by atoms with E-state index >= 15 is 0 Å². The maximum absolute atomic E-state index is 13.0. The lowest BCUT2D eigenvalue weighted by Crippen LogP contribution is -2.47. The summed E-state index contributed by atoms with van der Waals surface area (Å²) >= 11 is 0. The van der Waals surface area contributed by atoms with Crippen LogP contribution in [0.5, 0.6) is 5.75 Å². The second-order valence-corrected chi connectivity index (χ2v) is 7.99. The highest BCUT2D eigenvalue weighted by Gasteiger charge is 2.28. The van der Waals surface area contributed by atoms with Gasteiger partial charge in [0.15, 0.2) is 0 Å². The highest BCUT2D eigenvalue weighted by atomic mass is 19.1. The molecule has 2 aromatic carbocycles. The van der Waals surface area contributed by atoms with E-state index in [1.807, 2.05) is 13.0 Å². The van der Waals surface area contributed by atoms with Crippen LogP contribution in [0.4, 0.5) is 4.39 Å². The Balaban J connectivity index is 1.33. The third-order valence-corrected chi connectivity index (χ3v) is 6.20. The van der Waals surface area contributed by atoms with Crippen LogP contribution in [0.3, 0.4) is 0 Å². The summed E-state index contributed by atoms with van der Waals surface area (Å²) in [5, 5.41) is 4.19. The number of nitrogens with zero attached hydrogens (tertiary/aromatic N) is 1. The molecule has 1 saturated heterocycles. The van der Waals surface area contributed by atoms with Crippen molar-refractivity contribution in [3.63, 3.8) is 0 Å². The standard InChI is InChI=1S/C24H28FN3O2/c1-16(24(29)27-14-17-3-5-19(25)6-4-17)28-11-9-18(10-12-28)22-15-26-23-8-7-20(30-2)13-21(22)23/h3-8,13,15-16,18,26H,9-12,14H2,1-2H3,(H,27,29). The van der Waals surface area contributed by atoms with Gasteiger partial charge in [-0.05, 0) is 80.2 Å². The largest absolute Gasteiger partial charge is 0.497 e. The number of rotatable bonds is 6. The molecule has 0 bridgehead atoms. The fourth-order valence-electron chi connectivity index (χ4n) is 4.29.